The van der Waals surface area contributed by atoms with Gasteiger partial charge in [0.2, 0.25) is 0 Å². The van der Waals surface area contributed by atoms with Crippen molar-refractivity contribution in [2.45, 2.75) is 32.8 Å². The number of rotatable bonds is 4. The number of carbonyl (C=O) groups excluding carboxylic acids is 2. The highest BCUT2D eigenvalue weighted by Gasteiger charge is 2.26. The zero-order valence-corrected chi connectivity index (χ0v) is 13.3. The molecular formula is C17H24N2O3. The molecule has 0 aliphatic carbocycles. The number of benzene rings is 1. The van der Waals surface area contributed by atoms with Crippen molar-refractivity contribution >= 4 is 11.8 Å². The van der Waals surface area contributed by atoms with Gasteiger partial charge in [-0.15, -0.1) is 0 Å². The molecule has 1 aliphatic rings. The van der Waals surface area contributed by atoms with Gasteiger partial charge in [-0.2, -0.15) is 0 Å². The third kappa shape index (κ3) is 3.85. The fourth-order valence-corrected chi connectivity index (χ4v) is 2.68. The van der Waals surface area contributed by atoms with Crippen molar-refractivity contribution in [2.24, 2.45) is 0 Å². The number of hydrogen-bond donors (Lipinski definition) is 1. The number of aliphatic hydroxyl groups excluding tert-OH is 1. The van der Waals surface area contributed by atoms with E-state index >= 15 is 0 Å². The Balaban J connectivity index is 1.93. The fourth-order valence-electron chi connectivity index (χ4n) is 2.68. The van der Waals surface area contributed by atoms with Crippen molar-refractivity contribution in [1.82, 2.24) is 9.80 Å². The maximum Gasteiger partial charge on any atom is 0.253 e. The predicted octanol–water partition coefficient (Wildman–Crippen LogP) is 1.30. The Morgan fingerprint density at radius 1 is 1.09 bits per heavy atom. The lowest BCUT2D eigenvalue weighted by Gasteiger charge is -2.35. The van der Waals surface area contributed by atoms with Crippen LogP contribution in [0.5, 0.6) is 0 Å². The van der Waals surface area contributed by atoms with E-state index in [1.54, 1.807) is 9.80 Å². The average molecular weight is 304 g/mol. The Morgan fingerprint density at radius 2 is 1.64 bits per heavy atom. The molecule has 1 aromatic carbocycles. The largest absolute Gasteiger partial charge is 0.384 e. The van der Waals surface area contributed by atoms with Crippen LogP contribution in [-0.4, -0.2) is 59.0 Å². The van der Waals surface area contributed by atoms with Gasteiger partial charge in [0.1, 0.15) is 6.10 Å². The van der Waals surface area contributed by atoms with Gasteiger partial charge in [0.15, 0.2) is 0 Å². The third-order valence-corrected chi connectivity index (χ3v) is 3.98. The molecule has 1 saturated heterocycles. The van der Waals surface area contributed by atoms with Crippen molar-refractivity contribution in [3.8, 4) is 0 Å². The molecule has 0 bridgehead atoms. The summed E-state index contributed by atoms with van der Waals surface area (Å²) in [7, 11) is 0. The van der Waals surface area contributed by atoms with Gasteiger partial charge in [-0.3, -0.25) is 9.59 Å². The summed E-state index contributed by atoms with van der Waals surface area (Å²) >= 11 is 0. The summed E-state index contributed by atoms with van der Waals surface area (Å²) in [5, 5.41) is 9.32. The monoisotopic (exact) mass is 304 g/mol. The molecule has 1 aliphatic heterocycles. The Kier molecular flexibility index (Phi) is 5.55. The number of aliphatic hydroxyl groups is 1. The van der Waals surface area contributed by atoms with Crippen LogP contribution in [0.1, 0.15) is 36.2 Å². The molecule has 120 valence electrons. The number of aryl methyl sites for hydroxylation is 1. The molecule has 0 radical (unpaired) electrons. The van der Waals surface area contributed by atoms with Crippen LogP contribution in [0.15, 0.2) is 24.3 Å². The summed E-state index contributed by atoms with van der Waals surface area (Å²) in [4.78, 5) is 27.5. The SMILES string of the molecule is CCCc1ccc(C(=O)N2CCN(C(=O)C(C)O)CC2)cc1. The molecule has 0 saturated carbocycles. The molecule has 2 amide bonds. The highest BCUT2D eigenvalue weighted by atomic mass is 16.3. The third-order valence-electron chi connectivity index (χ3n) is 3.98. The van der Waals surface area contributed by atoms with Crippen LogP contribution in [0.4, 0.5) is 0 Å². The average Bonchev–Trinajstić information content (AvgIpc) is 2.54. The normalized spacial score (nSPS) is 16.5. The van der Waals surface area contributed by atoms with Crippen LogP contribution >= 0.6 is 0 Å². The summed E-state index contributed by atoms with van der Waals surface area (Å²) < 4.78 is 0. The molecule has 1 heterocycles. The summed E-state index contributed by atoms with van der Waals surface area (Å²) in [6, 6.07) is 7.76. The Hall–Kier alpha value is -1.88. The van der Waals surface area contributed by atoms with Crippen molar-refractivity contribution < 1.29 is 14.7 Å². The predicted molar refractivity (Wildman–Crippen MR) is 84.6 cm³/mol. The van der Waals surface area contributed by atoms with Crippen molar-refractivity contribution in [2.75, 3.05) is 26.2 Å². The minimum absolute atomic E-state index is 0.00666. The van der Waals surface area contributed by atoms with Gasteiger partial charge < -0.3 is 14.9 Å². The molecule has 1 unspecified atom stereocenters. The summed E-state index contributed by atoms with van der Waals surface area (Å²) in [6.07, 6.45) is 1.13. The molecule has 5 nitrogen and oxygen atoms in total. The van der Waals surface area contributed by atoms with E-state index in [1.807, 2.05) is 24.3 Å². The topological polar surface area (TPSA) is 60.9 Å². The molecule has 1 aromatic rings. The smallest absolute Gasteiger partial charge is 0.253 e. The van der Waals surface area contributed by atoms with E-state index in [4.69, 9.17) is 0 Å². The van der Waals surface area contributed by atoms with Gasteiger partial charge in [0.05, 0.1) is 0 Å². The fraction of sp³-hybridized carbons (Fsp3) is 0.529. The molecule has 5 heteroatoms. The lowest BCUT2D eigenvalue weighted by molar-refractivity contribution is -0.140. The van der Waals surface area contributed by atoms with E-state index < -0.39 is 6.10 Å². The Bertz CT molecular complexity index is 517. The van der Waals surface area contributed by atoms with Gasteiger partial charge >= 0.3 is 0 Å². The van der Waals surface area contributed by atoms with Crippen LogP contribution in [0.2, 0.25) is 0 Å². The van der Waals surface area contributed by atoms with Gasteiger partial charge in [0, 0.05) is 31.7 Å². The Morgan fingerprint density at radius 3 is 2.14 bits per heavy atom. The number of nitrogens with zero attached hydrogens (tertiary/aromatic N) is 2. The standard InChI is InChI=1S/C17H24N2O3/c1-3-4-14-5-7-15(8-6-14)17(22)19-11-9-18(10-12-19)16(21)13(2)20/h5-8,13,20H,3-4,9-12H2,1-2H3. The summed E-state index contributed by atoms with van der Waals surface area (Å²) in [5.41, 5.74) is 1.93. The second-order valence-electron chi connectivity index (χ2n) is 5.74. The number of hydrogen-bond acceptors (Lipinski definition) is 3. The molecule has 2 rings (SSSR count). The highest BCUT2D eigenvalue weighted by Crippen LogP contribution is 2.12. The van der Waals surface area contributed by atoms with E-state index in [-0.39, 0.29) is 11.8 Å². The molecule has 22 heavy (non-hydrogen) atoms. The highest BCUT2D eigenvalue weighted by molar-refractivity contribution is 5.94. The van der Waals surface area contributed by atoms with E-state index in [2.05, 4.69) is 6.92 Å². The van der Waals surface area contributed by atoms with Crippen LogP contribution in [-0.2, 0) is 11.2 Å². The van der Waals surface area contributed by atoms with Gasteiger partial charge in [-0.1, -0.05) is 25.5 Å². The van der Waals surface area contributed by atoms with Crippen LogP contribution < -0.4 is 0 Å². The first-order chi connectivity index (χ1) is 10.5. The van der Waals surface area contributed by atoms with E-state index in [0.717, 1.165) is 12.8 Å². The molecular weight excluding hydrogens is 280 g/mol. The van der Waals surface area contributed by atoms with E-state index in [1.165, 1.54) is 12.5 Å². The molecule has 1 atom stereocenters. The minimum atomic E-state index is -0.978. The summed E-state index contributed by atoms with van der Waals surface area (Å²) in [5.74, 6) is -0.261. The van der Waals surface area contributed by atoms with Crippen LogP contribution in [0.25, 0.3) is 0 Å². The van der Waals surface area contributed by atoms with Gasteiger partial charge in [-0.25, -0.2) is 0 Å². The number of amides is 2. The van der Waals surface area contributed by atoms with Gasteiger partial charge in [0.25, 0.3) is 11.8 Å². The first kappa shape index (κ1) is 16.5. The van der Waals surface area contributed by atoms with Crippen molar-refractivity contribution in [3.05, 3.63) is 35.4 Å². The minimum Gasteiger partial charge on any atom is -0.384 e. The van der Waals surface area contributed by atoms with Crippen molar-refractivity contribution in [1.29, 1.82) is 0 Å². The zero-order valence-electron chi connectivity index (χ0n) is 13.3. The maximum absolute atomic E-state index is 12.5. The van der Waals surface area contributed by atoms with Crippen molar-refractivity contribution in [3.63, 3.8) is 0 Å². The zero-order chi connectivity index (χ0) is 16.1. The molecule has 0 spiro atoms. The lowest BCUT2D eigenvalue weighted by atomic mass is 10.1. The quantitative estimate of drug-likeness (QED) is 0.912. The maximum atomic E-state index is 12.5. The van der Waals surface area contributed by atoms with Gasteiger partial charge in [-0.05, 0) is 31.0 Å². The first-order valence-electron chi connectivity index (χ1n) is 7.88. The number of piperazine rings is 1. The second-order valence-corrected chi connectivity index (χ2v) is 5.74. The first-order valence-corrected chi connectivity index (χ1v) is 7.88. The van der Waals surface area contributed by atoms with Crippen LogP contribution in [0.3, 0.4) is 0 Å². The lowest BCUT2D eigenvalue weighted by Crippen LogP contribution is -2.52. The van der Waals surface area contributed by atoms with Crippen LogP contribution in [0, 0.1) is 0 Å². The molecule has 1 N–H and O–H groups in total. The number of carbonyl (C=O) groups is 2. The summed E-state index contributed by atoms with van der Waals surface area (Å²) in [6.45, 7) is 5.57. The van der Waals surface area contributed by atoms with E-state index in [0.29, 0.717) is 31.7 Å². The molecule has 1 fully saturated rings. The van der Waals surface area contributed by atoms with E-state index in [9.17, 15) is 14.7 Å². The Labute approximate surface area is 131 Å². The second kappa shape index (κ2) is 7.40. The molecule has 0 aromatic heterocycles.